The average molecular weight is 282 g/mol. The summed E-state index contributed by atoms with van der Waals surface area (Å²) in [6.45, 7) is 5.13. The number of hydrogen-bond acceptors (Lipinski definition) is 2. The van der Waals surface area contributed by atoms with E-state index < -0.39 is 0 Å². The van der Waals surface area contributed by atoms with Crippen LogP contribution >= 0.6 is 11.6 Å². The number of nitrogens with zero attached hydrogens (tertiary/aromatic N) is 2. The summed E-state index contributed by atoms with van der Waals surface area (Å²) >= 11 is 6.04. The van der Waals surface area contributed by atoms with Crippen LogP contribution in [0.5, 0.6) is 0 Å². The summed E-state index contributed by atoms with van der Waals surface area (Å²) in [5, 5.41) is 4.92. The summed E-state index contributed by atoms with van der Waals surface area (Å²) in [6.07, 6.45) is 0.814. The van der Waals surface area contributed by atoms with Crippen LogP contribution in [0.2, 0.25) is 5.02 Å². The van der Waals surface area contributed by atoms with Crippen molar-refractivity contribution in [3.8, 4) is 0 Å². The zero-order valence-corrected chi connectivity index (χ0v) is 11.8. The molecule has 1 heterocycles. The van der Waals surface area contributed by atoms with Crippen molar-refractivity contribution in [1.82, 2.24) is 9.78 Å². The van der Waals surface area contributed by atoms with Crippen LogP contribution in [0.15, 0.2) is 18.2 Å². The van der Waals surface area contributed by atoms with Gasteiger partial charge in [-0.1, -0.05) is 17.7 Å². The van der Waals surface area contributed by atoms with Gasteiger partial charge < -0.3 is 5.73 Å². The van der Waals surface area contributed by atoms with Crippen LogP contribution in [-0.4, -0.2) is 16.3 Å². The Bertz CT molecular complexity index is 593. The van der Waals surface area contributed by atoms with Crippen LogP contribution in [0.1, 0.15) is 22.5 Å². The predicted octanol–water partition coefficient (Wildman–Crippen LogP) is 2.84. The maximum Gasteiger partial charge on any atom is 0.124 e. The van der Waals surface area contributed by atoms with E-state index in [1.54, 1.807) is 6.07 Å². The lowest BCUT2D eigenvalue weighted by molar-refractivity contribution is 0.622. The maximum absolute atomic E-state index is 13.0. The molecule has 0 fully saturated rings. The minimum absolute atomic E-state index is 0.328. The molecule has 0 atom stereocenters. The van der Waals surface area contributed by atoms with Crippen molar-refractivity contribution in [1.29, 1.82) is 0 Å². The number of benzene rings is 1. The molecule has 0 saturated heterocycles. The van der Waals surface area contributed by atoms with Crippen molar-refractivity contribution in [2.75, 3.05) is 6.54 Å². The van der Waals surface area contributed by atoms with E-state index in [-0.39, 0.29) is 5.82 Å². The van der Waals surface area contributed by atoms with E-state index >= 15 is 0 Å². The summed E-state index contributed by atoms with van der Waals surface area (Å²) in [6, 6.07) is 4.42. The number of aromatic nitrogens is 2. The molecule has 0 amide bonds. The fourth-order valence-corrected chi connectivity index (χ4v) is 2.43. The second-order valence-electron chi connectivity index (χ2n) is 4.58. The fourth-order valence-electron chi connectivity index (χ4n) is 2.21. The van der Waals surface area contributed by atoms with Gasteiger partial charge in [-0.3, -0.25) is 4.68 Å². The third-order valence-corrected chi connectivity index (χ3v) is 3.61. The van der Waals surface area contributed by atoms with Crippen LogP contribution in [0.4, 0.5) is 4.39 Å². The Morgan fingerprint density at radius 2 is 2.11 bits per heavy atom. The van der Waals surface area contributed by atoms with Crippen LogP contribution in [0, 0.1) is 19.7 Å². The Morgan fingerprint density at radius 1 is 1.37 bits per heavy atom. The Hall–Kier alpha value is -1.39. The van der Waals surface area contributed by atoms with E-state index in [0.29, 0.717) is 18.1 Å². The molecule has 0 bridgehead atoms. The summed E-state index contributed by atoms with van der Waals surface area (Å²) in [7, 11) is 0. The van der Waals surface area contributed by atoms with Gasteiger partial charge in [-0.15, -0.1) is 0 Å². The highest BCUT2D eigenvalue weighted by atomic mass is 35.5. The molecule has 0 aliphatic carbocycles. The highest BCUT2D eigenvalue weighted by molar-refractivity contribution is 6.31. The summed E-state index contributed by atoms with van der Waals surface area (Å²) in [4.78, 5) is 0. The summed E-state index contributed by atoms with van der Waals surface area (Å²) in [5.41, 5.74) is 9.71. The third kappa shape index (κ3) is 2.96. The van der Waals surface area contributed by atoms with Gasteiger partial charge in [-0.25, -0.2) is 4.39 Å². The summed E-state index contributed by atoms with van der Waals surface area (Å²) in [5.74, 6) is -0.328. The van der Waals surface area contributed by atoms with Crippen LogP contribution < -0.4 is 5.73 Å². The molecular weight excluding hydrogens is 265 g/mol. The Kier molecular flexibility index (Phi) is 4.22. The van der Waals surface area contributed by atoms with Crippen molar-refractivity contribution in [3.05, 3.63) is 51.6 Å². The first-order chi connectivity index (χ1) is 9.02. The van der Waals surface area contributed by atoms with Gasteiger partial charge in [-0.2, -0.15) is 5.10 Å². The molecule has 0 spiro atoms. The van der Waals surface area contributed by atoms with Gasteiger partial charge in [0.1, 0.15) is 5.82 Å². The minimum atomic E-state index is -0.328. The Labute approximate surface area is 117 Å². The molecule has 0 saturated carbocycles. The molecule has 1 aromatic heterocycles. The lowest BCUT2D eigenvalue weighted by atomic mass is 10.1. The van der Waals surface area contributed by atoms with E-state index in [0.717, 1.165) is 23.4 Å². The molecule has 0 aliphatic rings. The Balaban J connectivity index is 2.31. The topological polar surface area (TPSA) is 43.8 Å². The van der Waals surface area contributed by atoms with Crippen LogP contribution in [0.3, 0.4) is 0 Å². The molecule has 2 rings (SSSR count). The van der Waals surface area contributed by atoms with Gasteiger partial charge in [0.25, 0.3) is 0 Å². The molecule has 102 valence electrons. The second kappa shape index (κ2) is 5.72. The Morgan fingerprint density at radius 3 is 2.74 bits per heavy atom. The molecule has 2 N–H and O–H groups in total. The molecular formula is C14H17ClFN3. The van der Waals surface area contributed by atoms with Crippen LogP contribution in [-0.2, 0) is 13.0 Å². The standard InChI is InChI=1S/C14H17ClFN3/c1-9-13(5-6-17)10(2)19(18-9)8-11-3-4-12(16)7-14(11)15/h3-4,7H,5-6,8,17H2,1-2H3. The van der Waals surface area contributed by atoms with Gasteiger partial charge in [-0.05, 0) is 50.1 Å². The van der Waals surface area contributed by atoms with Crippen molar-refractivity contribution in [3.63, 3.8) is 0 Å². The normalized spacial score (nSPS) is 11.0. The number of rotatable bonds is 4. The minimum Gasteiger partial charge on any atom is -0.330 e. The first-order valence-corrected chi connectivity index (χ1v) is 6.57. The van der Waals surface area contributed by atoms with E-state index in [9.17, 15) is 4.39 Å². The number of aryl methyl sites for hydroxylation is 1. The highest BCUT2D eigenvalue weighted by Gasteiger charge is 2.12. The van der Waals surface area contributed by atoms with E-state index in [2.05, 4.69) is 5.10 Å². The smallest absolute Gasteiger partial charge is 0.124 e. The SMILES string of the molecule is Cc1nn(Cc2ccc(F)cc2Cl)c(C)c1CCN. The molecule has 2 aromatic rings. The molecule has 1 aromatic carbocycles. The van der Waals surface area contributed by atoms with Gasteiger partial charge in [0.05, 0.1) is 12.2 Å². The van der Waals surface area contributed by atoms with Gasteiger partial charge in [0.2, 0.25) is 0 Å². The van der Waals surface area contributed by atoms with Gasteiger partial charge in [0.15, 0.2) is 0 Å². The second-order valence-corrected chi connectivity index (χ2v) is 4.99. The van der Waals surface area contributed by atoms with Crippen LogP contribution in [0.25, 0.3) is 0 Å². The zero-order valence-electron chi connectivity index (χ0n) is 11.1. The quantitative estimate of drug-likeness (QED) is 0.936. The summed E-state index contributed by atoms with van der Waals surface area (Å²) < 4.78 is 14.9. The maximum atomic E-state index is 13.0. The molecule has 0 radical (unpaired) electrons. The number of hydrogen-bond donors (Lipinski definition) is 1. The first-order valence-electron chi connectivity index (χ1n) is 6.19. The lowest BCUT2D eigenvalue weighted by Gasteiger charge is -2.07. The molecule has 5 heteroatoms. The largest absolute Gasteiger partial charge is 0.330 e. The molecule has 3 nitrogen and oxygen atoms in total. The molecule has 0 unspecified atom stereocenters. The van der Waals surface area contributed by atoms with Crippen molar-refractivity contribution in [2.45, 2.75) is 26.8 Å². The monoisotopic (exact) mass is 281 g/mol. The molecule has 0 aliphatic heterocycles. The number of halogens is 2. The number of nitrogens with two attached hydrogens (primary N) is 1. The lowest BCUT2D eigenvalue weighted by Crippen LogP contribution is -2.07. The third-order valence-electron chi connectivity index (χ3n) is 3.26. The van der Waals surface area contributed by atoms with E-state index in [1.165, 1.54) is 17.7 Å². The van der Waals surface area contributed by atoms with E-state index in [1.807, 2.05) is 18.5 Å². The van der Waals surface area contributed by atoms with E-state index in [4.69, 9.17) is 17.3 Å². The zero-order chi connectivity index (χ0) is 14.0. The van der Waals surface area contributed by atoms with Gasteiger partial charge in [0, 0.05) is 10.7 Å². The first kappa shape index (κ1) is 14.0. The molecule has 19 heavy (non-hydrogen) atoms. The fraction of sp³-hybridized carbons (Fsp3) is 0.357. The van der Waals surface area contributed by atoms with Crippen molar-refractivity contribution >= 4 is 11.6 Å². The average Bonchev–Trinajstić information content (AvgIpc) is 2.61. The predicted molar refractivity (Wildman–Crippen MR) is 75.0 cm³/mol. The highest BCUT2D eigenvalue weighted by Crippen LogP contribution is 2.20. The van der Waals surface area contributed by atoms with Crippen molar-refractivity contribution in [2.24, 2.45) is 5.73 Å². The van der Waals surface area contributed by atoms with Crippen molar-refractivity contribution < 1.29 is 4.39 Å². The van der Waals surface area contributed by atoms with Gasteiger partial charge >= 0.3 is 0 Å².